The lowest BCUT2D eigenvalue weighted by atomic mass is 10.2. The number of benzene rings is 1. The van der Waals surface area contributed by atoms with Crippen LogP contribution in [0.2, 0.25) is 10.2 Å². The van der Waals surface area contributed by atoms with Crippen LogP contribution in [0.3, 0.4) is 0 Å². The number of ether oxygens (including phenoxy) is 1. The molecular formula is C17H12Cl2FN3O2. The third-order valence-corrected chi connectivity index (χ3v) is 4.08. The molecule has 0 amide bonds. The molecule has 0 aliphatic carbocycles. The smallest absolute Gasteiger partial charge is 0.342 e. The SMILES string of the molecule is Cc1c(C(=O)OCc2nc(Cl)ccc2Cl)cnn1-c1ccc(F)cc1. The van der Waals surface area contributed by atoms with Crippen LogP contribution < -0.4 is 0 Å². The van der Waals surface area contributed by atoms with Crippen LogP contribution in [0.5, 0.6) is 0 Å². The highest BCUT2D eigenvalue weighted by Crippen LogP contribution is 2.19. The Bertz CT molecular complexity index is 926. The molecule has 128 valence electrons. The minimum atomic E-state index is -0.566. The van der Waals surface area contributed by atoms with Crippen molar-refractivity contribution in [2.75, 3.05) is 0 Å². The maximum atomic E-state index is 13.0. The van der Waals surface area contributed by atoms with E-state index >= 15 is 0 Å². The molecule has 3 rings (SSSR count). The molecule has 2 heterocycles. The van der Waals surface area contributed by atoms with E-state index in [9.17, 15) is 9.18 Å². The predicted molar refractivity (Wildman–Crippen MR) is 91.6 cm³/mol. The van der Waals surface area contributed by atoms with Gasteiger partial charge >= 0.3 is 5.97 Å². The molecule has 0 saturated carbocycles. The van der Waals surface area contributed by atoms with Gasteiger partial charge in [0, 0.05) is 0 Å². The minimum absolute atomic E-state index is 0.112. The molecule has 0 N–H and O–H groups in total. The van der Waals surface area contributed by atoms with Gasteiger partial charge in [-0.05, 0) is 43.3 Å². The number of hydrogen-bond acceptors (Lipinski definition) is 4. The highest BCUT2D eigenvalue weighted by Gasteiger charge is 2.17. The third kappa shape index (κ3) is 3.81. The molecule has 0 atom stereocenters. The molecule has 0 radical (unpaired) electrons. The van der Waals surface area contributed by atoms with Gasteiger partial charge in [-0.2, -0.15) is 5.10 Å². The van der Waals surface area contributed by atoms with E-state index in [1.54, 1.807) is 31.2 Å². The van der Waals surface area contributed by atoms with E-state index < -0.39 is 5.97 Å². The van der Waals surface area contributed by atoms with Crippen molar-refractivity contribution in [1.82, 2.24) is 14.8 Å². The maximum absolute atomic E-state index is 13.0. The lowest BCUT2D eigenvalue weighted by Gasteiger charge is -2.07. The molecule has 0 fully saturated rings. The monoisotopic (exact) mass is 379 g/mol. The fourth-order valence-corrected chi connectivity index (χ4v) is 2.55. The summed E-state index contributed by atoms with van der Waals surface area (Å²) in [7, 11) is 0. The van der Waals surface area contributed by atoms with Crippen LogP contribution in [0.25, 0.3) is 5.69 Å². The van der Waals surface area contributed by atoms with Gasteiger partial charge in [-0.15, -0.1) is 0 Å². The Morgan fingerprint density at radius 2 is 1.92 bits per heavy atom. The Hall–Kier alpha value is -2.44. The van der Waals surface area contributed by atoms with Crippen molar-refractivity contribution in [2.45, 2.75) is 13.5 Å². The first-order valence-electron chi connectivity index (χ1n) is 7.24. The number of nitrogens with zero attached hydrogens (tertiary/aromatic N) is 3. The number of carbonyl (C=O) groups excluding carboxylic acids is 1. The first kappa shape index (κ1) is 17.4. The summed E-state index contributed by atoms with van der Waals surface area (Å²) >= 11 is 11.8. The standard InChI is InChI=1S/C17H12Cl2FN3O2/c1-10-13(8-21-23(10)12-4-2-11(20)3-5-12)17(24)25-9-15-14(18)6-7-16(19)22-15/h2-8H,9H2,1H3. The van der Waals surface area contributed by atoms with Gasteiger partial charge in [0.1, 0.15) is 23.1 Å². The Balaban J connectivity index is 1.77. The molecule has 25 heavy (non-hydrogen) atoms. The first-order chi connectivity index (χ1) is 12.0. The molecule has 0 aliphatic rings. The summed E-state index contributed by atoms with van der Waals surface area (Å²) in [5.74, 6) is -0.914. The molecule has 0 unspecified atom stereocenters. The van der Waals surface area contributed by atoms with E-state index in [1.165, 1.54) is 23.0 Å². The van der Waals surface area contributed by atoms with E-state index in [1.807, 2.05) is 0 Å². The van der Waals surface area contributed by atoms with Crippen LogP contribution in [-0.2, 0) is 11.3 Å². The van der Waals surface area contributed by atoms with Crippen LogP contribution >= 0.6 is 23.2 Å². The summed E-state index contributed by atoms with van der Waals surface area (Å²) in [6.45, 7) is 1.61. The van der Waals surface area contributed by atoms with Crippen molar-refractivity contribution in [3.63, 3.8) is 0 Å². The van der Waals surface area contributed by atoms with Gasteiger partial charge in [0.2, 0.25) is 0 Å². The van der Waals surface area contributed by atoms with Gasteiger partial charge in [0.05, 0.1) is 28.3 Å². The number of carbonyl (C=O) groups is 1. The zero-order valence-electron chi connectivity index (χ0n) is 13.0. The summed E-state index contributed by atoms with van der Waals surface area (Å²) in [5.41, 5.74) is 1.87. The number of aromatic nitrogens is 3. The summed E-state index contributed by atoms with van der Waals surface area (Å²) < 4.78 is 19.8. The van der Waals surface area contributed by atoms with E-state index in [2.05, 4.69) is 10.1 Å². The van der Waals surface area contributed by atoms with Crippen LogP contribution in [0.4, 0.5) is 4.39 Å². The Morgan fingerprint density at radius 1 is 1.20 bits per heavy atom. The van der Waals surface area contributed by atoms with Crippen molar-refractivity contribution in [3.05, 3.63) is 75.5 Å². The van der Waals surface area contributed by atoms with Crippen molar-refractivity contribution in [1.29, 1.82) is 0 Å². The van der Waals surface area contributed by atoms with Gasteiger partial charge in [0.25, 0.3) is 0 Å². The van der Waals surface area contributed by atoms with Gasteiger partial charge in [-0.1, -0.05) is 23.2 Å². The highest BCUT2D eigenvalue weighted by atomic mass is 35.5. The molecule has 0 spiro atoms. The van der Waals surface area contributed by atoms with Gasteiger partial charge < -0.3 is 4.74 Å². The molecule has 0 saturated heterocycles. The van der Waals surface area contributed by atoms with Gasteiger partial charge in [0.15, 0.2) is 0 Å². The molecule has 8 heteroatoms. The Kier molecular flexibility index (Phi) is 5.01. The molecule has 0 aliphatic heterocycles. The quantitative estimate of drug-likeness (QED) is 0.498. The van der Waals surface area contributed by atoms with Crippen molar-refractivity contribution >= 4 is 29.2 Å². The number of pyridine rings is 1. The second kappa shape index (κ2) is 7.21. The lowest BCUT2D eigenvalue weighted by Crippen LogP contribution is -2.08. The summed E-state index contributed by atoms with van der Waals surface area (Å²) in [6.07, 6.45) is 1.40. The zero-order valence-corrected chi connectivity index (χ0v) is 14.6. The molecule has 0 bridgehead atoms. The van der Waals surface area contributed by atoms with Gasteiger partial charge in [-0.3, -0.25) is 0 Å². The fraction of sp³-hybridized carbons (Fsp3) is 0.118. The van der Waals surface area contributed by atoms with E-state index in [0.29, 0.717) is 27.7 Å². The van der Waals surface area contributed by atoms with E-state index in [4.69, 9.17) is 27.9 Å². The Morgan fingerprint density at radius 3 is 2.64 bits per heavy atom. The van der Waals surface area contributed by atoms with Gasteiger partial charge in [-0.25, -0.2) is 18.9 Å². The number of halogens is 3. The number of rotatable bonds is 4. The predicted octanol–water partition coefficient (Wildman–Crippen LogP) is 4.38. The largest absolute Gasteiger partial charge is 0.455 e. The summed E-state index contributed by atoms with van der Waals surface area (Å²) in [4.78, 5) is 16.3. The fourth-order valence-electron chi connectivity index (χ4n) is 2.22. The van der Waals surface area contributed by atoms with Crippen molar-refractivity contribution in [3.8, 4) is 5.69 Å². The molecule has 5 nitrogen and oxygen atoms in total. The average Bonchev–Trinajstić information content (AvgIpc) is 2.98. The minimum Gasteiger partial charge on any atom is -0.455 e. The van der Waals surface area contributed by atoms with Crippen LogP contribution in [0.15, 0.2) is 42.6 Å². The van der Waals surface area contributed by atoms with E-state index in [-0.39, 0.29) is 17.6 Å². The lowest BCUT2D eigenvalue weighted by molar-refractivity contribution is 0.0467. The van der Waals surface area contributed by atoms with Crippen molar-refractivity contribution in [2.24, 2.45) is 0 Å². The maximum Gasteiger partial charge on any atom is 0.342 e. The highest BCUT2D eigenvalue weighted by molar-refractivity contribution is 6.32. The van der Waals surface area contributed by atoms with Crippen molar-refractivity contribution < 1.29 is 13.9 Å². The summed E-state index contributed by atoms with van der Waals surface area (Å²) in [5, 5.41) is 4.77. The Labute approximate surface area is 153 Å². The summed E-state index contributed by atoms with van der Waals surface area (Å²) in [6, 6.07) is 8.91. The zero-order chi connectivity index (χ0) is 18.0. The van der Waals surface area contributed by atoms with Crippen LogP contribution in [-0.4, -0.2) is 20.7 Å². The van der Waals surface area contributed by atoms with E-state index in [0.717, 1.165) is 0 Å². The normalized spacial score (nSPS) is 10.7. The van der Waals surface area contributed by atoms with Crippen LogP contribution in [0, 0.1) is 12.7 Å². The molecule has 2 aromatic heterocycles. The first-order valence-corrected chi connectivity index (χ1v) is 8.00. The molecular weight excluding hydrogens is 368 g/mol. The second-order valence-corrected chi connectivity index (χ2v) is 5.96. The second-order valence-electron chi connectivity index (χ2n) is 5.17. The topological polar surface area (TPSA) is 57.0 Å². The third-order valence-electron chi connectivity index (χ3n) is 3.53. The average molecular weight is 380 g/mol. The molecule has 3 aromatic rings. The number of esters is 1. The van der Waals surface area contributed by atoms with Crippen LogP contribution in [0.1, 0.15) is 21.7 Å². The number of hydrogen-bond donors (Lipinski definition) is 0. The molecule has 1 aromatic carbocycles.